The third kappa shape index (κ3) is 6.21. The first kappa shape index (κ1) is 28.6. The first-order chi connectivity index (χ1) is 19.5. The van der Waals surface area contributed by atoms with Gasteiger partial charge in [0.15, 0.2) is 5.78 Å². The van der Waals surface area contributed by atoms with Crippen molar-refractivity contribution in [1.29, 1.82) is 0 Å². The van der Waals surface area contributed by atoms with Gasteiger partial charge in [0.05, 0.1) is 11.3 Å². The standard InChI is InChI=1S/C31H30ClN3O5S/c1-31(2,3)40-30(39)34-16-14-19(15-17-34)27(38)33-28-25(26(37)20-8-7-9-21(32)18-20)23-12-13-24(36)35(29(23)41-28)22-10-5-4-6-11-22/h4-13,18-19H,14-17H2,1-3H3,(H,33,38). The summed E-state index contributed by atoms with van der Waals surface area (Å²) in [6.07, 6.45) is 0.527. The maximum Gasteiger partial charge on any atom is 0.410 e. The number of hydrogen-bond acceptors (Lipinski definition) is 6. The molecule has 0 radical (unpaired) electrons. The Hall–Kier alpha value is -3.95. The molecule has 4 aromatic rings. The lowest BCUT2D eigenvalue weighted by Gasteiger charge is -2.32. The number of halogens is 1. The second kappa shape index (κ2) is 11.5. The molecular formula is C31H30ClN3O5S. The molecule has 0 aliphatic carbocycles. The van der Waals surface area contributed by atoms with Crippen LogP contribution in [0.2, 0.25) is 5.02 Å². The Morgan fingerprint density at radius 1 is 0.976 bits per heavy atom. The van der Waals surface area contributed by atoms with Crippen LogP contribution in [0.3, 0.4) is 0 Å². The van der Waals surface area contributed by atoms with Crippen molar-refractivity contribution in [1.82, 2.24) is 9.47 Å². The van der Waals surface area contributed by atoms with E-state index in [1.165, 1.54) is 17.4 Å². The SMILES string of the molecule is CC(C)(C)OC(=O)N1CCC(C(=O)Nc2sc3c(ccc(=O)n3-c3ccccc3)c2C(=O)c2cccc(Cl)c2)CC1. The van der Waals surface area contributed by atoms with E-state index in [9.17, 15) is 19.2 Å². The van der Waals surface area contributed by atoms with Crippen molar-refractivity contribution in [2.75, 3.05) is 18.4 Å². The number of anilines is 1. The van der Waals surface area contributed by atoms with Gasteiger partial charge in [-0.25, -0.2) is 4.79 Å². The minimum absolute atomic E-state index is 0.242. The number of piperidine rings is 1. The Morgan fingerprint density at radius 2 is 1.68 bits per heavy atom. The number of ether oxygens (including phenoxy) is 1. The highest BCUT2D eigenvalue weighted by molar-refractivity contribution is 7.23. The van der Waals surface area contributed by atoms with Gasteiger partial charge in [-0.1, -0.05) is 53.3 Å². The molecule has 41 heavy (non-hydrogen) atoms. The number of para-hydroxylation sites is 1. The summed E-state index contributed by atoms with van der Waals surface area (Å²) in [6.45, 7) is 6.23. The second-order valence-corrected chi connectivity index (χ2v) is 12.4. The van der Waals surface area contributed by atoms with E-state index in [4.69, 9.17) is 16.3 Å². The summed E-state index contributed by atoms with van der Waals surface area (Å²) in [5, 5.41) is 4.32. The lowest BCUT2D eigenvalue weighted by Crippen LogP contribution is -2.43. The Kier molecular flexibility index (Phi) is 8.02. The normalized spacial score (nSPS) is 14.2. The maximum absolute atomic E-state index is 13.9. The summed E-state index contributed by atoms with van der Waals surface area (Å²) in [4.78, 5) is 55.0. The number of carbonyl (C=O) groups is 3. The van der Waals surface area contributed by atoms with Crippen LogP contribution in [0.25, 0.3) is 15.9 Å². The van der Waals surface area contributed by atoms with E-state index >= 15 is 0 Å². The molecule has 3 heterocycles. The first-order valence-electron chi connectivity index (χ1n) is 13.3. The number of aromatic nitrogens is 1. The molecule has 8 nitrogen and oxygen atoms in total. The van der Waals surface area contributed by atoms with Gasteiger partial charge < -0.3 is 15.0 Å². The largest absolute Gasteiger partial charge is 0.444 e. The van der Waals surface area contributed by atoms with Crippen LogP contribution in [0.5, 0.6) is 0 Å². The van der Waals surface area contributed by atoms with Gasteiger partial charge >= 0.3 is 6.09 Å². The van der Waals surface area contributed by atoms with Gasteiger partial charge in [-0.05, 0) is 63.9 Å². The quantitative estimate of drug-likeness (QED) is 0.266. The topological polar surface area (TPSA) is 97.7 Å². The molecule has 0 saturated carbocycles. The number of pyridine rings is 1. The van der Waals surface area contributed by atoms with Crippen LogP contribution < -0.4 is 10.9 Å². The molecule has 1 saturated heterocycles. The molecule has 0 atom stereocenters. The number of thiophene rings is 1. The van der Waals surface area contributed by atoms with E-state index in [-0.39, 0.29) is 23.2 Å². The van der Waals surface area contributed by atoms with Gasteiger partial charge in [0.1, 0.15) is 15.4 Å². The summed E-state index contributed by atoms with van der Waals surface area (Å²) in [5.41, 5.74) is 0.476. The van der Waals surface area contributed by atoms with Crippen molar-refractivity contribution in [3.63, 3.8) is 0 Å². The predicted octanol–water partition coefficient (Wildman–Crippen LogP) is 6.52. The lowest BCUT2D eigenvalue weighted by molar-refractivity contribution is -0.121. The van der Waals surface area contributed by atoms with Gasteiger partial charge in [-0.2, -0.15) is 0 Å². The van der Waals surface area contributed by atoms with Gasteiger partial charge in [0.25, 0.3) is 5.56 Å². The monoisotopic (exact) mass is 591 g/mol. The molecular weight excluding hydrogens is 562 g/mol. The Bertz CT molecular complexity index is 1680. The van der Waals surface area contributed by atoms with Gasteiger partial charge in [-0.3, -0.25) is 19.0 Å². The number of benzene rings is 2. The summed E-state index contributed by atoms with van der Waals surface area (Å²) >= 11 is 7.37. The first-order valence-corrected chi connectivity index (χ1v) is 14.5. The number of carbonyl (C=O) groups excluding carboxylic acids is 3. The molecule has 0 spiro atoms. The van der Waals surface area contributed by atoms with Crippen LogP contribution in [-0.2, 0) is 9.53 Å². The number of likely N-dealkylation sites (tertiary alicyclic amines) is 1. The van der Waals surface area contributed by atoms with Crippen molar-refractivity contribution >= 4 is 55.9 Å². The van der Waals surface area contributed by atoms with Crippen LogP contribution in [0, 0.1) is 5.92 Å². The number of fused-ring (bicyclic) bond motifs is 1. The number of nitrogens with zero attached hydrogens (tertiary/aromatic N) is 2. The van der Waals surface area contributed by atoms with Crippen molar-refractivity contribution in [3.8, 4) is 5.69 Å². The molecule has 1 aliphatic rings. The molecule has 1 aliphatic heterocycles. The van der Waals surface area contributed by atoms with Crippen LogP contribution in [0.4, 0.5) is 9.80 Å². The van der Waals surface area contributed by atoms with Crippen LogP contribution >= 0.6 is 22.9 Å². The zero-order valence-corrected chi connectivity index (χ0v) is 24.6. The molecule has 212 valence electrons. The minimum Gasteiger partial charge on any atom is -0.444 e. The van der Waals surface area contributed by atoms with Gasteiger partial charge in [-0.15, -0.1) is 0 Å². The van der Waals surface area contributed by atoms with E-state index in [1.54, 1.807) is 39.8 Å². The molecule has 0 unspecified atom stereocenters. The zero-order valence-electron chi connectivity index (χ0n) is 23.0. The number of ketones is 1. The highest BCUT2D eigenvalue weighted by Gasteiger charge is 2.31. The smallest absolute Gasteiger partial charge is 0.410 e. The fourth-order valence-electron chi connectivity index (χ4n) is 4.86. The van der Waals surface area contributed by atoms with E-state index < -0.39 is 11.7 Å². The average molecular weight is 592 g/mol. The number of amides is 2. The van der Waals surface area contributed by atoms with Crippen molar-refractivity contribution < 1.29 is 19.1 Å². The highest BCUT2D eigenvalue weighted by atomic mass is 35.5. The van der Waals surface area contributed by atoms with E-state index in [0.717, 1.165) is 0 Å². The highest BCUT2D eigenvalue weighted by Crippen LogP contribution is 2.38. The molecule has 10 heteroatoms. The van der Waals surface area contributed by atoms with Crippen molar-refractivity contribution in [3.05, 3.63) is 93.2 Å². The molecule has 0 bridgehead atoms. The van der Waals surface area contributed by atoms with Crippen molar-refractivity contribution in [2.24, 2.45) is 5.92 Å². The van der Waals surface area contributed by atoms with Crippen LogP contribution in [0.1, 0.15) is 49.5 Å². The predicted molar refractivity (Wildman–Crippen MR) is 161 cm³/mol. The Labute approximate surface area is 246 Å². The zero-order chi connectivity index (χ0) is 29.3. The summed E-state index contributed by atoms with van der Waals surface area (Å²) in [5.74, 6) is -0.912. The second-order valence-electron chi connectivity index (χ2n) is 10.9. The molecule has 5 rings (SSSR count). The average Bonchev–Trinajstić information content (AvgIpc) is 3.29. The summed E-state index contributed by atoms with van der Waals surface area (Å²) in [7, 11) is 0. The fourth-order valence-corrected chi connectivity index (χ4v) is 6.26. The van der Waals surface area contributed by atoms with Crippen LogP contribution in [-0.4, -0.2) is 45.9 Å². The van der Waals surface area contributed by atoms with Crippen LogP contribution in [0.15, 0.2) is 71.5 Å². The van der Waals surface area contributed by atoms with Gasteiger partial charge in [0, 0.05) is 41.0 Å². The van der Waals surface area contributed by atoms with E-state index in [2.05, 4.69) is 5.32 Å². The summed E-state index contributed by atoms with van der Waals surface area (Å²) < 4.78 is 7.01. The number of nitrogens with one attached hydrogen (secondary N) is 1. The molecule has 1 N–H and O–H groups in total. The number of hydrogen-bond donors (Lipinski definition) is 1. The molecule has 2 aromatic carbocycles. The molecule has 2 amide bonds. The summed E-state index contributed by atoms with van der Waals surface area (Å²) in [6, 6.07) is 18.8. The Morgan fingerprint density at radius 3 is 2.34 bits per heavy atom. The Balaban J connectivity index is 1.49. The van der Waals surface area contributed by atoms with Crippen molar-refractivity contribution in [2.45, 2.75) is 39.2 Å². The van der Waals surface area contributed by atoms with E-state index in [0.29, 0.717) is 63.0 Å². The third-order valence-electron chi connectivity index (χ3n) is 6.82. The maximum atomic E-state index is 13.9. The van der Waals surface area contributed by atoms with E-state index in [1.807, 2.05) is 51.1 Å². The van der Waals surface area contributed by atoms with Gasteiger partial charge in [0.2, 0.25) is 5.91 Å². The lowest BCUT2D eigenvalue weighted by atomic mass is 9.96. The fraction of sp³-hybridized carbons (Fsp3) is 0.290. The molecule has 1 fully saturated rings. The third-order valence-corrected chi connectivity index (χ3v) is 8.17. The molecule has 2 aromatic heterocycles. The number of rotatable bonds is 5. The minimum atomic E-state index is -0.598.